The van der Waals surface area contributed by atoms with Crippen LogP contribution in [0.1, 0.15) is 69.7 Å². The van der Waals surface area contributed by atoms with Crippen LogP contribution in [0.3, 0.4) is 0 Å². The van der Waals surface area contributed by atoms with E-state index in [9.17, 15) is 0 Å². The Morgan fingerprint density at radius 2 is 1.79 bits per heavy atom. The molecule has 3 nitrogen and oxygen atoms in total. The summed E-state index contributed by atoms with van der Waals surface area (Å²) in [5.41, 5.74) is 1.07. The van der Waals surface area contributed by atoms with Crippen LogP contribution in [-0.2, 0) is 11.3 Å². The molecule has 19 heavy (non-hydrogen) atoms. The van der Waals surface area contributed by atoms with Gasteiger partial charge in [0, 0.05) is 30.5 Å². The molecule has 0 amide bonds. The lowest BCUT2D eigenvalue weighted by Gasteiger charge is -2.27. The quantitative estimate of drug-likeness (QED) is 0.774. The van der Waals surface area contributed by atoms with E-state index in [0.29, 0.717) is 12.5 Å². The summed E-state index contributed by atoms with van der Waals surface area (Å²) >= 11 is 0. The maximum atomic E-state index is 5.37. The van der Waals surface area contributed by atoms with Crippen LogP contribution >= 0.6 is 0 Å². The van der Waals surface area contributed by atoms with Crippen molar-refractivity contribution in [3.05, 3.63) is 23.8 Å². The van der Waals surface area contributed by atoms with Crippen LogP contribution in [0.25, 0.3) is 0 Å². The summed E-state index contributed by atoms with van der Waals surface area (Å²) in [5, 5.41) is 0. The van der Waals surface area contributed by atoms with Gasteiger partial charge in [-0.25, -0.2) is 9.97 Å². The molecule has 1 heterocycles. The van der Waals surface area contributed by atoms with Crippen LogP contribution in [-0.4, -0.2) is 16.6 Å². The van der Waals surface area contributed by atoms with Gasteiger partial charge in [-0.1, -0.05) is 19.8 Å². The van der Waals surface area contributed by atoms with Gasteiger partial charge in [0.05, 0.1) is 6.61 Å². The molecule has 1 aliphatic rings. The van der Waals surface area contributed by atoms with E-state index in [4.69, 9.17) is 4.74 Å². The highest BCUT2D eigenvalue weighted by molar-refractivity contribution is 5.07. The predicted molar refractivity (Wildman–Crippen MR) is 77.0 cm³/mol. The van der Waals surface area contributed by atoms with Gasteiger partial charge in [0.25, 0.3) is 0 Å². The molecule has 1 saturated carbocycles. The van der Waals surface area contributed by atoms with Gasteiger partial charge in [-0.05, 0) is 38.5 Å². The number of rotatable bonds is 6. The Labute approximate surface area is 116 Å². The molecule has 0 aliphatic heterocycles. The zero-order chi connectivity index (χ0) is 13.5. The number of nitrogens with zero attached hydrogens (tertiary/aromatic N) is 2. The first kappa shape index (κ1) is 14.4. The van der Waals surface area contributed by atoms with Crippen LogP contribution in [0.2, 0.25) is 0 Å². The predicted octanol–water partition coefficient (Wildman–Crippen LogP) is 4.09. The van der Waals surface area contributed by atoms with E-state index in [1.807, 2.05) is 19.3 Å². The normalized spacial score (nSPS) is 23.5. The van der Waals surface area contributed by atoms with Gasteiger partial charge in [-0.15, -0.1) is 0 Å². The summed E-state index contributed by atoms with van der Waals surface area (Å²) in [7, 11) is 0. The van der Waals surface area contributed by atoms with Crippen LogP contribution in [0.5, 0.6) is 0 Å². The van der Waals surface area contributed by atoms with E-state index in [-0.39, 0.29) is 0 Å². The van der Waals surface area contributed by atoms with Crippen molar-refractivity contribution in [3.63, 3.8) is 0 Å². The van der Waals surface area contributed by atoms with Crippen molar-refractivity contribution in [2.75, 3.05) is 6.61 Å². The summed E-state index contributed by atoms with van der Waals surface area (Å²) in [4.78, 5) is 9.07. The lowest BCUT2D eigenvalue weighted by Crippen LogP contribution is -2.15. The Morgan fingerprint density at radius 3 is 2.37 bits per heavy atom. The second kappa shape index (κ2) is 7.59. The van der Waals surface area contributed by atoms with Crippen molar-refractivity contribution < 1.29 is 4.74 Å². The largest absolute Gasteiger partial charge is 0.377 e. The smallest absolute Gasteiger partial charge is 0.131 e. The van der Waals surface area contributed by atoms with E-state index < -0.39 is 0 Å². The molecule has 0 N–H and O–H groups in total. The third kappa shape index (κ3) is 4.27. The van der Waals surface area contributed by atoms with E-state index in [0.717, 1.165) is 23.9 Å². The molecule has 1 aromatic heterocycles. The fourth-order valence-electron chi connectivity index (χ4n) is 2.99. The second-order valence-corrected chi connectivity index (χ2v) is 5.59. The topological polar surface area (TPSA) is 35.0 Å². The molecule has 3 heteroatoms. The van der Waals surface area contributed by atoms with Gasteiger partial charge in [0.1, 0.15) is 5.82 Å². The van der Waals surface area contributed by atoms with Crippen molar-refractivity contribution in [1.29, 1.82) is 0 Å². The minimum absolute atomic E-state index is 0.578. The summed E-state index contributed by atoms with van der Waals surface area (Å²) in [6.45, 7) is 5.65. The Morgan fingerprint density at radius 1 is 1.11 bits per heavy atom. The number of ether oxygens (including phenoxy) is 1. The molecular weight excluding hydrogens is 236 g/mol. The van der Waals surface area contributed by atoms with Gasteiger partial charge in [-0.2, -0.15) is 0 Å². The van der Waals surface area contributed by atoms with Gasteiger partial charge in [-0.3, -0.25) is 0 Å². The van der Waals surface area contributed by atoms with Crippen molar-refractivity contribution in [2.45, 2.75) is 64.9 Å². The molecule has 2 rings (SSSR count). The Kier molecular flexibility index (Phi) is 5.77. The fraction of sp³-hybridized carbons (Fsp3) is 0.750. The monoisotopic (exact) mass is 262 g/mol. The molecule has 0 aromatic carbocycles. The minimum Gasteiger partial charge on any atom is -0.377 e. The first-order chi connectivity index (χ1) is 9.33. The molecule has 0 atom stereocenters. The minimum atomic E-state index is 0.578. The van der Waals surface area contributed by atoms with Crippen molar-refractivity contribution in [1.82, 2.24) is 9.97 Å². The van der Waals surface area contributed by atoms with Crippen molar-refractivity contribution in [3.8, 4) is 0 Å². The van der Waals surface area contributed by atoms with E-state index in [1.54, 1.807) is 0 Å². The average Bonchev–Trinajstić information content (AvgIpc) is 2.47. The standard InChI is InChI=1S/C16H26N2O/c1-3-5-13-6-8-15(9-7-13)16-17-10-14(11-18-16)12-19-4-2/h10-11,13,15H,3-9,12H2,1-2H3/t13-,15-. The van der Waals surface area contributed by atoms with E-state index in [1.165, 1.54) is 38.5 Å². The third-order valence-corrected chi connectivity index (χ3v) is 4.11. The average molecular weight is 262 g/mol. The van der Waals surface area contributed by atoms with Crippen LogP contribution < -0.4 is 0 Å². The first-order valence-electron chi connectivity index (χ1n) is 7.72. The molecule has 106 valence electrons. The van der Waals surface area contributed by atoms with Gasteiger partial charge >= 0.3 is 0 Å². The Bertz CT molecular complexity index is 356. The van der Waals surface area contributed by atoms with E-state index >= 15 is 0 Å². The first-order valence-corrected chi connectivity index (χ1v) is 7.72. The molecule has 1 aromatic rings. The summed E-state index contributed by atoms with van der Waals surface area (Å²) in [6.07, 6.45) is 11.8. The van der Waals surface area contributed by atoms with Crippen LogP contribution in [0, 0.1) is 5.92 Å². The Hall–Kier alpha value is -0.960. The molecular formula is C16H26N2O. The molecule has 1 aliphatic carbocycles. The van der Waals surface area contributed by atoms with Crippen LogP contribution in [0.4, 0.5) is 0 Å². The number of aromatic nitrogens is 2. The molecule has 0 spiro atoms. The highest BCUT2D eigenvalue weighted by Gasteiger charge is 2.23. The summed E-state index contributed by atoms with van der Waals surface area (Å²) < 4.78 is 5.37. The molecule has 0 bridgehead atoms. The van der Waals surface area contributed by atoms with Crippen molar-refractivity contribution >= 4 is 0 Å². The van der Waals surface area contributed by atoms with Gasteiger partial charge < -0.3 is 4.74 Å². The Balaban J connectivity index is 1.85. The second-order valence-electron chi connectivity index (χ2n) is 5.59. The summed E-state index contributed by atoms with van der Waals surface area (Å²) in [6, 6.07) is 0. The summed E-state index contributed by atoms with van der Waals surface area (Å²) in [5.74, 6) is 2.56. The maximum absolute atomic E-state index is 5.37. The zero-order valence-electron chi connectivity index (χ0n) is 12.3. The van der Waals surface area contributed by atoms with Crippen LogP contribution in [0.15, 0.2) is 12.4 Å². The lowest BCUT2D eigenvalue weighted by molar-refractivity contribution is 0.133. The number of hydrogen-bond acceptors (Lipinski definition) is 3. The van der Waals surface area contributed by atoms with Crippen molar-refractivity contribution in [2.24, 2.45) is 5.92 Å². The number of hydrogen-bond donors (Lipinski definition) is 0. The highest BCUT2D eigenvalue weighted by Crippen LogP contribution is 2.35. The maximum Gasteiger partial charge on any atom is 0.131 e. The lowest BCUT2D eigenvalue weighted by atomic mass is 9.80. The SMILES string of the molecule is CCC[C@H]1CC[C@H](c2ncc(COCC)cn2)CC1. The van der Waals surface area contributed by atoms with Gasteiger partial charge in [0.2, 0.25) is 0 Å². The fourth-order valence-corrected chi connectivity index (χ4v) is 2.99. The zero-order valence-corrected chi connectivity index (χ0v) is 12.3. The molecule has 0 radical (unpaired) electrons. The highest BCUT2D eigenvalue weighted by atomic mass is 16.5. The molecule has 0 saturated heterocycles. The van der Waals surface area contributed by atoms with Gasteiger partial charge in [0.15, 0.2) is 0 Å². The molecule has 1 fully saturated rings. The van der Waals surface area contributed by atoms with E-state index in [2.05, 4.69) is 16.9 Å². The third-order valence-electron chi connectivity index (χ3n) is 4.11. The molecule has 0 unspecified atom stereocenters.